The average molecular weight is 513 g/mol. The minimum absolute atomic E-state index is 0.247. The summed E-state index contributed by atoms with van der Waals surface area (Å²) in [5, 5.41) is 0. The summed E-state index contributed by atoms with van der Waals surface area (Å²) in [5.74, 6) is 2.20. The van der Waals surface area contributed by atoms with Gasteiger partial charge in [-0.15, -0.1) is 0 Å². The summed E-state index contributed by atoms with van der Waals surface area (Å²) in [5.41, 5.74) is 5.82. The van der Waals surface area contributed by atoms with Crippen molar-refractivity contribution in [2.75, 3.05) is 42.7 Å². The second-order valence-electron chi connectivity index (χ2n) is 8.56. The number of carbonyl (C=O) groups is 1. The highest BCUT2D eigenvalue weighted by Gasteiger charge is 2.40. The van der Waals surface area contributed by atoms with Crippen molar-refractivity contribution >= 4 is 5.78 Å². The molecule has 0 saturated carbocycles. The maximum atomic E-state index is 14.4. The smallest absolute Gasteiger partial charge is 0.204 e. The SMILES string of the molecule is COc1cc(C(=O)c2c3c(OC)c(OC)c(OC)c2-c2c(-c4ccccc4)cccc2-3)cc(OC)c1OC. The summed E-state index contributed by atoms with van der Waals surface area (Å²) in [6.07, 6.45) is 0. The molecule has 1 aliphatic carbocycles. The molecular formula is C31H28O7. The van der Waals surface area contributed by atoms with Gasteiger partial charge in [0.15, 0.2) is 28.8 Å². The molecule has 0 spiro atoms. The van der Waals surface area contributed by atoms with E-state index in [9.17, 15) is 4.79 Å². The van der Waals surface area contributed by atoms with Gasteiger partial charge in [-0.3, -0.25) is 4.79 Å². The predicted octanol–water partition coefficient (Wildman–Crippen LogP) is 6.28. The van der Waals surface area contributed by atoms with Crippen LogP contribution in [0.2, 0.25) is 0 Å². The molecule has 0 saturated heterocycles. The van der Waals surface area contributed by atoms with E-state index in [2.05, 4.69) is 0 Å². The third-order valence-electron chi connectivity index (χ3n) is 6.80. The molecule has 4 aromatic carbocycles. The van der Waals surface area contributed by atoms with Crippen molar-refractivity contribution in [1.82, 2.24) is 0 Å². The summed E-state index contributed by atoms with van der Waals surface area (Å²) < 4.78 is 34.0. The summed E-state index contributed by atoms with van der Waals surface area (Å²) in [4.78, 5) is 14.4. The molecule has 1 aliphatic rings. The van der Waals surface area contributed by atoms with Crippen LogP contribution in [-0.4, -0.2) is 48.4 Å². The lowest BCUT2D eigenvalue weighted by molar-refractivity contribution is 0.103. The van der Waals surface area contributed by atoms with Crippen molar-refractivity contribution in [2.45, 2.75) is 0 Å². The summed E-state index contributed by atoms with van der Waals surface area (Å²) >= 11 is 0. The van der Waals surface area contributed by atoms with Crippen LogP contribution in [0.3, 0.4) is 0 Å². The first-order valence-corrected chi connectivity index (χ1v) is 11.9. The Hall–Kier alpha value is -4.65. The molecule has 0 atom stereocenters. The molecule has 0 aromatic heterocycles. The molecular weight excluding hydrogens is 484 g/mol. The van der Waals surface area contributed by atoms with Gasteiger partial charge in [0.1, 0.15) is 0 Å². The van der Waals surface area contributed by atoms with Crippen molar-refractivity contribution in [2.24, 2.45) is 0 Å². The molecule has 5 rings (SSSR count). The lowest BCUT2D eigenvalue weighted by Crippen LogP contribution is -2.08. The quantitative estimate of drug-likeness (QED) is 0.215. The van der Waals surface area contributed by atoms with E-state index >= 15 is 0 Å². The zero-order valence-electron chi connectivity index (χ0n) is 22.1. The van der Waals surface area contributed by atoms with Gasteiger partial charge in [-0.1, -0.05) is 48.5 Å². The first-order chi connectivity index (χ1) is 18.5. The fraction of sp³-hybridized carbons (Fsp3) is 0.194. The lowest BCUT2D eigenvalue weighted by Gasteiger charge is -2.19. The zero-order chi connectivity index (χ0) is 27.0. The van der Waals surface area contributed by atoms with Gasteiger partial charge in [-0.05, 0) is 28.8 Å². The van der Waals surface area contributed by atoms with Gasteiger partial charge in [0, 0.05) is 27.8 Å². The van der Waals surface area contributed by atoms with Crippen LogP contribution in [0.25, 0.3) is 33.4 Å². The largest absolute Gasteiger partial charge is 0.493 e. The van der Waals surface area contributed by atoms with Gasteiger partial charge in [0.25, 0.3) is 0 Å². The van der Waals surface area contributed by atoms with Crippen LogP contribution in [0, 0.1) is 0 Å². The van der Waals surface area contributed by atoms with Crippen LogP contribution in [0.15, 0.2) is 60.7 Å². The predicted molar refractivity (Wildman–Crippen MR) is 145 cm³/mol. The van der Waals surface area contributed by atoms with Crippen LogP contribution in [-0.2, 0) is 0 Å². The molecule has 0 heterocycles. The molecule has 4 aromatic rings. The Balaban J connectivity index is 1.87. The maximum Gasteiger partial charge on any atom is 0.204 e. The van der Waals surface area contributed by atoms with E-state index in [1.807, 2.05) is 48.5 Å². The van der Waals surface area contributed by atoms with E-state index in [4.69, 9.17) is 28.4 Å². The first-order valence-electron chi connectivity index (χ1n) is 11.9. The molecule has 38 heavy (non-hydrogen) atoms. The second kappa shape index (κ2) is 10.0. The van der Waals surface area contributed by atoms with E-state index < -0.39 is 0 Å². The highest BCUT2D eigenvalue weighted by molar-refractivity contribution is 6.25. The van der Waals surface area contributed by atoms with Crippen LogP contribution in [0.1, 0.15) is 15.9 Å². The van der Waals surface area contributed by atoms with Gasteiger partial charge in [0.2, 0.25) is 11.5 Å². The Morgan fingerprint density at radius 3 is 1.63 bits per heavy atom. The fourth-order valence-corrected chi connectivity index (χ4v) is 5.22. The van der Waals surface area contributed by atoms with E-state index in [1.54, 1.807) is 33.5 Å². The average Bonchev–Trinajstić information content (AvgIpc) is 3.25. The van der Waals surface area contributed by atoms with E-state index in [1.165, 1.54) is 21.3 Å². The second-order valence-corrected chi connectivity index (χ2v) is 8.56. The molecule has 194 valence electrons. The maximum absolute atomic E-state index is 14.4. The highest BCUT2D eigenvalue weighted by atomic mass is 16.5. The van der Waals surface area contributed by atoms with E-state index in [-0.39, 0.29) is 5.78 Å². The Morgan fingerprint density at radius 2 is 1.08 bits per heavy atom. The number of ether oxygens (including phenoxy) is 6. The Bertz CT molecular complexity index is 1520. The molecule has 7 nitrogen and oxygen atoms in total. The third kappa shape index (κ3) is 3.62. The highest BCUT2D eigenvalue weighted by Crippen LogP contribution is 2.62. The van der Waals surface area contributed by atoms with Crippen molar-refractivity contribution in [3.8, 4) is 67.9 Å². The van der Waals surface area contributed by atoms with Crippen molar-refractivity contribution in [1.29, 1.82) is 0 Å². The monoisotopic (exact) mass is 512 g/mol. The van der Waals surface area contributed by atoms with Gasteiger partial charge >= 0.3 is 0 Å². The Labute approximate surface area is 221 Å². The van der Waals surface area contributed by atoms with Crippen molar-refractivity contribution in [3.05, 3.63) is 71.8 Å². The number of methoxy groups -OCH3 is 6. The minimum atomic E-state index is -0.247. The number of hydrogen-bond donors (Lipinski definition) is 0. The fourth-order valence-electron chi connectivity index (χ4n) is 5.22. The number of rotatable bonds is 9. The summed E-state index contributed by atoms with van der Waals surface area (Å²) in [7, 11) is 9.23. The number of ketones is 1. The Morgan fingerprint density at radius 1 is 0.526 bits per heavy atom. The van der Waals surface area contributed by atoms with Crippen molar-refractivity contribution < 1.29 is 33.2 Å². The number of hydrogen-bond acceptors (Lipinski definition) is 7. The van der Waals surface area contributed by atoms with Gasteiger partial charge in [0.05, 0.1) is 42.7 Å². The van der Waals surface area contributed by atoms with Crippen LogP contribution >= 0.6 is 0 Å². The Kier molecular flexibility index (Phi) is 6.59. The summed E-state index contributed by atoms with van der Waals surface area (Å²) in [6.45, 7) is 0. The number of carbonyl (C=O) groups excluding carboxylic acids is 1. The zero-order valence-corrected chi connectivity index (χ0v) is 22.1. The van der Waals surface area contributed by atoms with Gasteiger partial charge in [-0.25, -0.2) is 0 Å². The van der Waals surface area contributed by atoms with Crippen LogP contribution in [0.4, 0.5) is 0 Å². The lowest BCUT2D eigenvalue weighted by atomic mass is 9.92. The number of benzene rings is 4. The first kappa shape index (κ1) is 25.0. The topological polar surface area (TPSA) is 72.5 Å². The van der Waals surface area contributed by atoms with E-state index in [0.717, 1.165) is 22.3 Å². The minimum Gasteiger partial charge on any atom is -0.493 e. The normalized spacial score (nSPS) is 11.0. The van der Waals surface area contributed by atoms with Crippen LogP contribution in [0.5, 0.6) is 34.5 Å². The summed E-state index contributed by atoms with van der Waals surface area (Å²) in [6, 6.07) is 19.3. The molecule has 0 aliphatic heterocycles. The molecule has 2 bridgehead atoms. The molecule has 0 fully saturated rings. The van der Waals surface area contributed by atoms with Crippen LogP contribution < -0.4 is 28.4 Å². The molecule has 0 N–H and O–H groups in total. The standard InChI is InChI=1S/C31H28O7/c1-33-21-15-18(16-22(34-2)28(21)35-3)27(32)25-24-20-14-10-13-19(17-11-8-7-9-12-17)23(20)26(25)30(37-5)31(38-6)29(24)36-4/h7-16H,1-6H3. The molecule has 7 heteroatoms. The molecule has 0 unspecified atom stereocenters. The molecule has 0 amide bonds. The molecule has 0 radical (unpaired) electrons. The van der Waals surface area contributed by atoms with Gasteiger partial charge in [-0.2, -0.15) is 0 Å². The third-order valence-corrected chi connectivity index (χ3v) is 6.80. The van der Waals surface area contributed by atoms with Crippen molar-refractivity contribution in [3.63, 3.8) is 0 Å². The van der Waals surface area contributed by atoms with Gasteiger partial charge < -0.3 is 28.4 Å². The van der Waals surface area contributed by atoms with E-state index in [0.29, 0.717) is 56.8 Å². The number of fused-ring (bicyclic) bond motifs is 5.